The molecule has 0 fully saturated rings. The predicted octanol–water partition coefficient (Wildman–Crippen LogP) is 3.57. The van der Waals surface area contributed by atoms with Crippen molar-refractivity contribution in [2.75, 3.05) is 6.61 Å². The lowest BCUT2D eigenvalue weighted by molar-refractivity contribution is -0.143. The van der Waals surface area contributed by atoms with Crippen LogP contribution in [0.15, 0.2) is 59.1 Å². The Morgan fingerprint density at radius 2 is 1.87 bits per heavy atom. The van der Waals surface area contributed by atoms with Crippen LogP contribution >= 0.6 is 11.8 Å². The zero-order valence-electron chi connectivity index (χ0n) is 17.8. The monoisotopic (exact) mass is 438 g/mol. The summed E-state index contributed by atoms with van der Waals surface area (Å²) in [4.78, 5) is 36.7. The highest BCUT2D eigenvalue weighted by molar-refractivity contribution is 7.98. The number of esters is 1. The Hall–Kier alpha value is -3.00. The fourth-order valence-corrected chi connectivity index (χ4v) is 3.96. The molecule has 0 radical (unpaired) electrons. The van der Waals surface area contributed by atoms with E-state index in [1.165, 1.54) is 23.7 Å². The third kappa shape index (κ3) is 7.03. The number of thioether (sulfide) groups is 1. The number of carbonyl (C=O) groups excluding carboxylic acids is 1. The minimum atomic E-state index is -0.253. The summed E-state index contributed by atoms with van der Waals surface area (Å²) in [6.07, 6.45) is 8.02. The van der Waals surface area contributed by atoms with Crippen molar-refractivity contribution in [3.8, 4) is 0 Å². The van der Waals surface area contributed by atoms with Gasteiger partial charge in [0.1, 0.15) is 6.33 Å². The molecule has 1 aromatic carbocycles. The van der Waals surface area contributed by atoms with Gasteiger partial charge in [0.25, 0.3) is 5.56 Å². The zero-order valence-corrected chi connectivity index (χ0v) is 18.6. The smallest absolute Gasteiger partial charge is 0.305 e. The Morgan fingerprint density at radius 1 is 1.13 bits per heavy atom. The Labute approximate surface area is 185 Å². The van der Waals surface area contributed by atoms with Crippen LogP contribution in [0, 0.1) is 6.92 Å². The summed E-state index contributed by atoms with van der Waals surface area (Å²) in [6.45, 7) is 4.79. The molecule has 162 valence electrons. The lowest BCUT2D eigenvalue weighted by Crippen LogP contribution is -2.20. The van der Waals surface area contributed by atoms with Gasteiger partial charge in [-0.3, -0.25) is 9.59 Å². The van der Waals surface area contributed by atoms with Gasteiger partial charge in [-0.1, -0.05) is 41.6 Å². The zero-order chi connectivity index (χ0) is 22.1. The molecule has 0 aliphatic heterocycles. The van der Waals surface area contributed by atoms with Crippen molar-refractivity contribution < 1.29 is 9.53 Å². The van der Waals surface area contributed by atoms with E-state index in [0.717, 1.165) is 11.1 Å². The van der Waals surface area contributed by atoms with E-state index in [4.69, 9.17) is 4.74 Å². The minimum Gasteiger partial charge on any atom is -0.466 e. The summed E-state index contributed by atoms with van der Waals surface area (Å²) in [5.41, 5.74) is 3.53. The highest BCUT2D eigenvalue weighted by Crippen LogP contribution is 2.21. The summed E-state index contributed by atoms with van der Waals surface area (Å²) in [6, 6.07) is 8.30. The van der Waals surface area contributed by atoms with Crippen LogP contribution in [-0.4, -0.2) is 32.1 Å². The van der Waals surface area contributed by atoms with E-state index in [1.54, 1.807) is 19.3 Å². The molecule has 31 heavy (non-hydrogen) atoms. The standard InChI is InChI=1S/C23H26N4O3S/c1-3-30-21(28)5-4-10-27-14-20(11-19-12-24-16-25-13-19)22(29)26-23(27)31-15-18-8-6-17(2)7-9-18/h6-9,12-14,16H,3-5,10-11,15H2,1-2H3. The number of carbonyl (C=O) groups is 1. The summed E-state index contributed by atoms with van der Waals surface area (Å²) >= 11 is 1.52. The van der Waals surface area contributed by atoms with E-state index in [-0.39, 0.29) is 11.5 Å². The molecular formula is C23H26N4O3S. The second-order valence-corrected chi connectivity index (χ2v) is 8.10. The van der Waals surface area contributed by atoms with Gasteiger partial charge >= 0.3 is 5.97 Å². The van der Waals surface area contributed by atoms with Crippen molar-refractivity contribution in [2.45, 2.75) is 50.6 Å². The molecule has 0 amide bonds. The van der Waals surface area contributed by atoms with Gasteiger partial charge in [-0.05, 0) is 31.4 Å². The largest absolute Gasteiger partial charge is 0.466 e. The molecule has 2 heterocycles. The van der Waals surface area contributed by atoms with Crippen molar-refractivity contribution in [1.82, 2.24) is 19.5 Å². The topological polar surface area (TPSA) is 87.0 Å². The van der Waals surface area contributed by atoms with Gasteiger partial charge in [-0.2, -0.15) is 4.98 Å². The first kappa shape index (κ1) is 22.7. The average Bonchev–Trinajstić information content (AvgIpc) is 2.76. The van der Waals surface area contributed by atoms with Crippen LogP contribution in [0.25, 0.3) is 0 Å². The fraction of sp³-hybridized carbons (Fsp3) is 0.348. The first-order valence-electron chi connectivity index (χ1n) is 10.2. The molecule has 0 saturated heterocycles. The highest BCUT2D eigenvalue weighted by atomic mass is 32.2. The molecule has 0 N–H and O–H groups in total. The Morgan fingerprint density at radius 3 is 2.58 bits per heavy atom. The van der Waals surface area contributed by atoms with E-state index in [2.05, 4.69) is 46.1 Å². The summed E-state index contributed by atoms with van der Waals surface area (Å²) in [5, 5.41) is 0.641. The molecule has 8 heteroatoms. The number of rotatable bonds is 10. The lowest BCUT2D eigenvalue weighted by Gasteiger charge is -2.14. The summed E-state index contributed by atoms with van der Waals surface area (Å²) in [5.74, 6) is 0.489. The van der Waals surface area contributed by atoms with Crippen LogP contribution in [0.4, 0.5) is 0 Å². The Balaban J connectivity index is 1.79. The molecule has 0 saturated carbocycles. The van der Waals surface area contributed by atoms with Gasteiger partial charge in [-0.25, -0.2) is 9.97 Å². The minimum absolute atomic E-state index is 0.216. The lowest BCUT2D eigenvalue weighted by atomic mass is 10.1. The molecule has 0 atom stereocenters. The fourth-order valence-electron chi connectivity index (χ4n) is 3.02. The van der Waals surface area contributed by atoms with Crippen LogP contribution in [0.2, 0.25) is 0 Å². The number of benzene rings is 1. The molecule has 3 rings (SSSR count). The SMILES string of the molecule is CCOC(=O)CCCn1cc(Cc2cncnc2)c(=O)nc1SCc1ccc(C)cc1. The van der Waals surface area contributed by atoms with Crippen LogP contribution in [0.3, 0.4) is 0 Å². The van der Waals surface area contributed by atoms with Gasteiger partial charge in [0, 0.05) is 49.3 Å². The highest BCUT2D eigenvalue weighted by Gasteiger charge is 2.12. The maximum absolute atomic E-state index is 12.7. The van der Waals surface area contributed by atoms with Crippen LogP contribution in [-0.2, 0) is 28.2 Å². The number of nitrogens with zero attached hydrogens (tertiary/aromatic N) is 4. The van der Waals surface area contributed by atoms with Gasteiger partial charge in [-0.15, -0.1) is 0 Å². The molecule has 3 aromatic rings. The number of ether oxygens (including phenoxy) is 1. The van der Waals surface area contributed by atoms with Crippen LogP contribution in [0.5, 0.6) is 0 Å². The van der Waals surface area contributed by atoms with E-state index in [0.29, 0.717) is 48.9 Å². The molecule has 0 unspecified atom stereocenters. The molecule has 0 aliphatic rings. The second kappa shape index (κ2) is 11.4. The van der Waals surface area contributed by atoms with Crippen LogP contribution in [0.1, 0.15) is 42.0 Å². The van der Waals surface area contributed by atoms with Crippen molar-refractivity contribution in [1.29, 1.82) is 0 Å². The molecule has 0 aliphatic carbocycles. The van der Waals surface area contributed by atoms with Gasteiger partial charge in [0.15, 0.2) is 5.16 Å². The second-order valence-electron chi connectivity index (χ2n) is 7.15. The normalized spacial score (nSPS) is 10.8. The summed E-state index contributed by atoms with van der Waals surface area (Å²) in [7, 11) is 0. The van der Waals surface area contributed by atoms with Gasteiger partial charge in [0.2, 0.25) is 0 Å². The maximum atomic E-state index is 12.7. The molecule has 0 bridgehead atoms. The first-order valence-corrected chi connectivity index (χ1v) is 11.2. The van der Waals surface area contributed by atoms with Crippen molar-refractivity contribution in [3.05, 3.63) is 81.8 Å². The first-order chi connectivity index (χ1) is 15.0. The van der Waals surface area contributed by atoms with Gasteiger partial charge in [0.05, 0.1) is 6.61 Å². The van der Waals surface area contributed by atoms with E-state index in [1.807, 2.05) is 10.8 Å². The van der Waals surface area contributed by atoms with Crippen LogP contribution < -0.4 is 5.56 Å². The average molecular weight is 439 g/mol. The Kier molecular flexibility index (Phi) is 8.35. The maximum Gasteiger partial charge on any atom is 0.305 e. The van der Waals surface area contributed by atoms with Crippen molar-refractivity contribution in [2.24, 2.45) is 0 Å². The van der Waals surface area contributed by atoms with E-state index in [9.17, 15) is 9.59 Å². The predicted molar refractivity (Wildman–Crippen MR) is 120 cm³/mol. The quantitative estimate of drug-likeness (QED) is 0.272. The number of hydrogen-bond acceptors (Lipinski definition) is 7. The van der Waals surface area contributed by atoms with Gasteiger partial charge < -0.3 is 9.30 Å². The third-order valence-corrected chi connectivity index (χ3v) is 5.67. The van der Waals surface area contributed by atoms with E-state index >= 15 is 0 Å². The number of hydrogen-bond donors (Lipinski definition) is 0. The number of aryl methyl sites for hydroxylation is 2. The van der Waals surface area contributed by atoms with E-state index < -0.39 is 0 Å². The van der Waals surface area contributed by atoms with Crippen molar-refractivity contribution >= 4 is 17.7 Å². The molecule has 0 spiro atoms. The molecular weight excluding hydrogens is 412 g/mol. The number of aromatic nitrogens is 4. The molecule has 7 nitrogen and oxygen atoms in total. The summed E-state index contributed by atoms with van der Waals surface area (Å²) < 4.78 is 6.97. The molecule has 2 aromatic heterocycles. The Bertz CT molecular complexity index is 1050. The third-order valence-electron chi connectivity index (χ3n) is 4.61. The van der Waals surface area contributed by atoms with Crippen molar-refractivity contribution in [3.63, 3.8) is 0 Å².